The molecule has 0 unspecified atom stereocenters. The monoisotopic (exact) mass is 390 g/mol. The van der Waals surface area contributed by atoms with Gasteiger partial charge in [-0.3, -0.25) is 4.79 Å². The highest BCUT2D eigenvalue weighted by Crippen LogP contribution is 2.29. The maximum atomic E-state index is 14.3. The van der Waals surface area contributed by atoms with E-state index in [2.05, 4.69) is 0 Å². The second-order valence-electron chi connectivity index (χ2n) is 7.06. The van der Waals surface area contributed by atoms with Crippen LogP contribution in [0.5, 0.6) is 11.5 Å². The van der Waals surface area contributed by atoms with Gasteiger partial charge in [0.15, 0.2) is 17.4 Å². The van der Waals surface area contributed by atoms with Crippen LogP contribution in [-0.4, -0.2) is 17.2 Å². The molecule has 0 bridgehead atoms. The fraction of sp³-hybridized carbons (Fsp3) is 0.409. The SMILES string of the molecule is O=C(O)CCc1cc(F)c(OCc2ccccc2OC2CCCCC2)c(F)c1. The van der Waals surface area contributed by atoms with Crippen molar-refractivity contribution in [3.05, 3.63) is 59.2 Å². The van der Waals surface area contributed by atoms with Crippen LogP contribution in [0.4, 0.5) is 8.78 Å². The van der Waals surface area contributed by atoms with Crippen LogP contribution in [0.2, 0.25) is 0 Å². The lowest BCUT2D eigenvalue weighted by molar-refractivity contribution is -0.136. The van der Waals surface area contributed by atoms with Gasteiger partial charge in [-0.1, -0.05) is 24.6 Å². The van der Waals surface area contributed by atoms with Crippen molar-refractivity contribution in [2.45, 2.75) is 57.7 Å². The first kappa shape index (κ1) is 20.1. The highest BCUT2D eigenvalue weighted by atomic mass is 19.1. The molecule has 0 saturated heterocycles. The van der Waals surface area contributed by atoms with E-state index in [-0.39, 0.29) is 31.1 Å². The fourth-order valence-electron chi connectivity index (χ4n) is 3.40. The molecule has 1 saturated carbocycles. The Morgan fingerprint density at radius 3 is 2.43 bits per heavy atom. The van der Waals surface area contributed by atoms with Crippen LogP contribution in [-0.2, 0) is 17.8 Å². The van der Waals surface area contributed by atoms with E-state index < -0.39 is 23.4 Å². The molecule has 1 aliphatic rings. The van der Waals surface area contributed by atoms with E-state index in [1.165, 1.54) is 6.42 Å². The van der Waals surface area contributed by atoms with E-state index in [0.717, 1.165) is 43.4 Å². The molecule has 1 N–H and O–H groups in total. The Hall–Kier alpha value is -2.63. The zero-order valence-corrected chi connectivity index (χ0v) is 15.6. The second-order valence-corrected chi connectivity index (χ2v) is 7.06. The van der Waals surface area contributed by atoms with E-state index in [0.29, 0.717) is 5.75 Å². The van der Waals surface area contributed by atoms with E-state index in [4.69, 9.17) is 14.6 Å². The van der Waals surface area contributed by atoms with Crippen LogP contribution in [0.15, 0.2) is 36.4 Å². The molecule has 2 aromatic carbocycles. The number of aryl methyl sites for hydroxylation is 1. The number of para-hydroxylation sites is 1. The average molecular weight is 390 g/mol. The van der Waals surface area contributed by atoms with Gasteiger partial charge in [-0.15, -0.1) is 0 Å². The van der Waals surface area contributed by atoms with Crippen molar-refractivity contribution in [1.29, 1.82) is 0 Å². The molecule has 0 radical (unpaired) electrons. The Morgan fingerprint density at radius 2 is 1.75 bits per heavy atom. The first-order chi connectivity index (χ1) is 13.5. The molecule has 3 rings (SSSR count). The van der Waals surface area contributed by atoms with E-state index in [1.807, 2.05) is 24.3 Å². The van der Waals surface area contributed by atoms with Crippen molar-refractivity contribution in [2.24, 2.45) is 0 Å². The Morgan fingerprint density at radius 1 is 1.07 bits per heavy atom. The van der Waals surface area contributed by atoms with Gasteiger partial charge in [0, 0.05) is 12.0 Å². The van der Waals surface area contributed by atoms with Gasteiger partial charge >= 0.3 is 5.97 Å². The molecule has 0 heterocycles. The van der Waals surface area contributed by atoms with Gasteiger partial charge in [-0.25, -0.2) is 8.78 Å². The molecule has 4 nitrogen and oxygen atoms in total. The van der Waals surface area contributed by atoms with Crippen molar-refractivity contribution in [2.75, 3.05) is 0 Å². The third kappa shape index (κ3) is 5.44. The summed E-state index contributed by atoms with van der Waals surface area (Å²) in [5.74, 6) is -2.49. The number of halogens is 2. The number of hydrogen-bond donors (Lipinski definition) is 1. The Bertz CT molecular complexity index is 793. The zero-order chi connectivity index (χ0) is 19.9. The molecule has 0 amide bonds. The number of rotatable bonds is 8. The van der Waals surface area contributed by atoms with Crippen LogP contribution in [0.1, 0.15) is 49.7 Å². The molecule has 0 atom stereocenters. The van der Waals surface area contributed by atoms with Crippen molar-refractivity contribution >= 4 is 5.97 Å². The third-order valence-corrected chi connectivity index (χ3v) is 4.88. The summed E-state index contributed by atoms with van der Waals surface area (Å²) in [5.41, 5.74) is 1.01. The predicted molar refractivity (Wildman–Crippen MR) is 101 cm³/mol. The Kier molecular flexibility index (Phi) is 6.85. The fourth-order valence-corrected chi connectivity index (χ4v) is 3.40. The second kappa shape index (κ2) is 9.53. The Balaban J connectivity index is 1.67. The van der Waals surface area contributed by atoms with Crippen LogP contribution >= 0.6 is 0 Å². The van der Waals surface area contributed by atoms with Gasteiger partial charge in [0.05, 0.1) is 6.10 Å². The summed E-state index contributed by atoms with van der Waals surface area (Å²) in [5, 5.41) is 8.70. The number of benzene rings is 2. The minimum absolute atomic E-state index is 0.0226. The number of carboxylic acid groups (broad SMARTS) is 1. The smallest absolute Gasteiger partial charge is 0.303 e. The lowest BCUT2D eigenvalue weighted by Crippen LogP contribution is -2.20. The summed E-state index contributed by atoms with van der Waals surface area (Å²) in [7, 11) is 0. The third-order valence-electron chi connectivity index (χ3n) is 4.88. The molecule has 1 aliphatic carbocycles. The summed E-state index contributed by atoms with van der Waals surface area (Å²) in [6.07, 6.45) is 5.57. The van der Waals surface area contributed by atoms with E-state index in [9.17, 15) is 13.6 Å². The molecule has 150 valence electrons. The minimum atomic E-state index is -1.02. The van der Waals surface area contributed by atoms with Crippen LogP contribution in [0, 0.1) is 11.6 Å². The molecule has 0 aliphatic heterocycles. The lowest BCUT2D eigenvalue weighted by atomic mass is 9.98. The topological polar surface area (TPSA) is 55.8 Å². The number of carboxylic acids is 1. The normalized spacial score (nSPS) is 14.6. The minimum Gasteiger partial charge on any atom is -0.490 e. The maximum Gasteiger partial charge on any atom is 0.303 e. The Labute approximate surface area is 163 Å². The van der Waals surface area contributed by atoms with Gasteiger partial charge in [0.2, 0.25) is 0 Å². The summed E-state index contributed by atoms with van der Waals surface area (Å²) in [6, 6.07) is 9.58. The quantitative estimate of drug-likeness (QED) is 0.667. The van der Waals surface area contributed by atoms with Crippen LogP contribution in [0.3, 0.4) is 0 Å². The molecular weight excluding hydrogens is 366 g/mol. The average Bonchev–Trinajstić information content (AvgIpc) is 2.68. The van der Waals surface area contributed by atoms with Crippen molar-refractivity contribution in [1.82, 2.24) is 0 Å². The summed E-state index contributed by atoms with van der Waals surface area (Å²) in [4.78, 5) is 10.6. The van der Waals surface area contributed by atoms with Gasteiger partial charge < -0.3 is 14.6 Å². The van der Waals surface area contributed by atoms with Gasteiger partial charge in [-0.05, 0) is 55.9 Å². The van der Waals surface area contributed by atoms with E-state index in [1.54, 1.807) is 0 Å². The van der Waals surface area contributed by atoms with Gasteiger partial charge in [-0.2, -0.15) is 0 Å². The largest absolute Gasteiger partial charge is 0.490 e. The van der Waals surface area contributed by atoms with Crippen molar-refractivity contribution < 1.29 is 28.2 Å². The van der Waals surface area contributed by atoms with Crippen molar-refractivity contribution in [3.63, 3.8) is 0 Å². The standard InChI is InChI=1S/C22H24F2O4/c23-18-12-15(10-11-21(25)26)13-19(24)22(18)27-14-16-6-4-5-9-20(16)28-17-7-2-1-3-8-17/h4-6,9,12-13,17H,1-3,7-8,10-11,14H2,(H,25,26). The van der Waals surface area contributed by atoms with Crippen molar-refractivity contribution in [3.8, 4) is 11.5 Å². The summed E-state index contributed by atoms with van der Waals surface area (Å²) >= 11 is 0. The molecule has 28 heavy (non-hydrogen) atoms. The van der Waals surface area contributed by atoms with E-state index >= 15 is 0 Å². The molecule has 6 heteroatoms. The zero-order valence-electron chi connectivity index (χ0n) is 15.6. The van der Waals surface area contributed by atoms with Crippen LogP contribution < -0.4 is 9.47 Å². The molecule has 2 aromatic rings. The summed E-state index contributed by atoms with van der Waals surface area (Å²) < 4.78 is 40.0. The molecule has 0 spiro atoms. The van der Waals surface area contributed by atoms with Gasteiger partial charge in [0.1, 0.15) is 12.4 Å². The predicted octanol–water partition coefficient (Wildman–Crippen LogP) is 5.27. The number of carbonyl (C=O) groups is 1. The molecular formula is C22H24F2O4. The lowest BCUT2D eigenvalue weighted by Gasteiger charge is -2.24. The number of hydrogen-bond acceptors (Lipinski definition) is 3. The van der Waals surface area contributed by atoms with Crippen LogP contribution in [0.25, 0.3) is 0 Å². The highest BCUT2D eigenvalue weighted by molar-refractivity contribution is 5.67. The first-order valence-electron chi connectivity index (χ1n) is 9.60. The first-order valence-corrected chi connectivity index (χ1v) is 9.60. The van der Waals surface area contributed by atoms with Gasteiger partial charge in [0.25, 0.3) is 0 Å². The molecule has 0 aromatic heterocycles. The maximum absolute atomic E-state index is 14.3. The summed E-state index contributed by atoms with van der Waals surface area (Å²) in [6.45, 7) is -0.0226. The number of aliphatic carboxylic acids is 1. The highest BCUT2D eigenvalue weighted by Gasteiger charge is 2.18. The molecule has 1 fully saturated rings. The number of ether oxygens (including phenoxy) is 2.